The molecule has 5 rings (SSSR count). The fourth-order valence-corrected chi connectivity index (χ4v) is 11.2. The molecule has 13 nitrogen and oxygen atoms in total. The highest BCUT2D eigenvalue weighted by Gasteiger charge is 2.61. The summed E-state index contributed by atoms with van der Waals surface area (Å²) in [4.78, 5) is 47.1. The molecule has 0 spiro atoms. The lowest BCUT2D eigenvalue weighted by Gasteiger charge is -2.61. The van der Waals surface area contributed by atoms with Crippen LogP contribution >= 0.6 is 0 Å². The summed E-state index contributed by atoms with van der Waals surface area (Å²) in [5.74, 6) is 0.734. The van der Waals surface area contributed by atoms with Gasteiger partial charge in [-0.3, -0.25) is 29.8 Å². The van der Waals surface area contributed by atoms with Gasteiger partial charge in [-0.1, -0.05) is 20.8 Å². The number of carbonyl (C=O) groups excluding carboxylic acids is 1. The first kappa shape index (κ1) is 35.7. The second kappa shape index (κ2) is 14.1. The maximum Gasteiger partial charge on any atom is 0.324 e. The van der Waals surface area contributed by atoms with E-state index in [1.807, 2.05) is 5.48 Å². The summed E-state index contributed by atoms with van der Waals surface area (Å²) in [5, 5.41) is 42.8. The van der Waals surface area contributed by atoms with E-state index >= 15 is 0 Å². The topological polar surface area (TPSA) is 214 Å². The Kier molecular flexibility index (Phi) is 10.7. The first-order valence-corrected chi connectivity index (χ1v) is 17.6. The molecule has 0 bridgehead atoms. The molecule has 13 heteroatoms. The molecule has 0 saturated heterocycles. The summed E-state index contributed by atoms with van der Waals surface area (Å²) in [6.45, 7) is 7.17. The number of ether oxygens (including phenoxy) is 1. The third-order valence-corrected chi connectivity index (χ3v) is 13.7. The molecular weight excluding hydrogens is 608 g/mol. The number of rotatable bonds is 12. The van der Waals surface area contributed by atoms with Gasteiger partial charge in [-0.05, 0) is 123 Å². The van der Waals surface area contributed by atoms with Crippen molar-refractivity contribution in [3.63, 3.8) is 0 Å². The van der Waals surface area contributed by atoms with Crippen LogP contribution < -0.4 is 16.5 Å². The number of carboxylic acid groups (broad SMARTS) is 2. The third-order valence-electron chi connectivity index (χ3n) is 13.7. The van der Waals surface area contributed by atoms with Gasteiger partial charge in [0.25, 0.3) is 5.70 Å². The number of nitro groups is 1. The Morgan fingerprint density at radius 1 is 1.06 bits per heavy atom. The molecule has 5 aliphatic rings. The highest BCUT2D eigenvalue weighted by molar-refractivity contribution is 5.82. The zero-order chi connectivity index (χ0) is 34.3. The molecule has 0 radical (unpaired) electrons. The van der Waals surface area contributed by atoms with Crippen LogP contribution in [0.2, 0.25) is 0 Å². The van der Waals surface area contributed by atoms with Crippen molar-refractivity contribution in [2.24, 2.45) is 52.1 Å². The van der Waals surface area contributed by atoms with Crippen molar-refractivity contribution < 1.29 is 39.5 Å². The minimum absolute atomic E-state index is 0.0695. The molecule has 4 fully saturated rings. The normalized spacial score (nSPS) is 41.0. The van der Waals surface area contributed by atoms with Crippen molar-refractivity contribution in [2.75, 3.05) is 0 Å². The summed E-state index contributed by atoms with van der Waals surface area (Å²) in [5.41, 5.74) is 8.16. The SMILES string of the molecule is C[C@H](CCC(=O)O)C1CC[C@H]2C3CCC4C[C@@H](OC(=O)[C@H](CC(=O)O)NC5CC=C([N+](=O)[O-])C(N)C5NO)CC[C@]4(C)[C@H]3CCC12C. The summed E-state index contributed by atoms with van der Waals surface area (Å²) in [7, 11) is 0. The van der Waals surface area contributed by atoms with Crippen molar-refractivity contribution in [2.45, 2.75) is 135 Å². The van der Waals surface area contributed by atoms with E-state index in [4.69, 9.17) is 10.5 Å². The molecular formula is C34H54N4O9. The highest BCUT2D eigenvalue weighted by atomic mass is 16.6. The number of hydrogen-bond acceptors (Lipinski definition) is 10. The van der Waals surface area contributed by atoms with Gasteiger partial charge < -0.3 is 25.9 Å². The smallest absolute Gasteiger partial charge is 0.324 e. The molecule has 0 aliphatic heterocycles. The molecule has 7 unspecified atom stereocenters. The molecule has 0 amide bonds. The molecule has 7 N–H and O–H groups in total. The van der Waals surface area contributed by atoms with Crippen LogP contribution in [0.5, 0.6) is 0 Å². The van der Waals surface area contributed by atoms with Gasteiger partial charge in [-0.25, -0.2) is 0 Å². The van der Waals surface area contributed by atoms with Gasteiger partial charge in [0.05, 0.1) is 17.4 Å². The van der Waals surface area contributed by atoms with E-state index in [9.17, 15) is 39.9 Å². The number of fused-ring (bicyclic) bond motifs is 5. The van der Waals surface area contributed by atoms with Gasteiger partial charge in [0.15, 0.2) is 0 Å². The average Bonchev–Trinajstić information content (AvgIpc) is 3.36. The molecule has 4 saturated carbocycles. The second-order valence-electron chi connectivity index (χ2n) is 15.9. The third kappa shape index (κ3) is 6.95. The number of carbonyl (C=O) groups is 3. The van der Waals surface area contributed by atoms with E-state index in [0.29, 0.717) is 41.9 Å². The molecule has 0 aromatic carbocycles. The highest BCUT2D eigenvalue weighted by Crippen LogP contribution is 2.68. The molecule has 13 atom stereocenters. The maximum atomic E-state index is 13.4. The minimum atomic E-state index is -1.21. The predicted octanol–water partition coefficient (Wildman–Crippen LogP) is 4.10. The second-order valence-corrected chi connectivity index (χ2v) is 15.9. The van der Waals surface area contributed by atoms with E-state index in [-0.39, 0.29) is 35.5 Å². The molecule has 47 heavy (non-hydrogen) atoms. The van der Waals surface area contributed by atoms with Crippen LogP contribution in [0.25, 0.3) is 0 Å². The van der Waals surface area contributed by atoms with Crippen LogP contribution in [0.4, 0.5) is 0 Å². The predicted molar refractivity (Wildman–Crippen MR) is 170 cm³/mol. The van der Waals surface area contributed by atoms with Crippen LogP contribution in [0.1, 0.15) is 104 Å². The Bertz CT molecular complexity index is 1250. The zero-order valence-corrected chi connectivity index (χ0v) is 27.9. The number of nitrogens with one attached hydrogen (secondary N) is 2. The largest absolute Gasteiger partial charge is 0.481 e. The Morgan fingerprint density at radius 3 is 2.43 bits per heavy atom. The fraction of sp³-hybridized carbons (Fsp3) is 0.853. The number of carboxylic acids is 2. The number of nitrogens with two attached hydrogens (primary N) is 1. The Morgan fingerprint density at radius 2 is 1.77 bits per heavy atom. The van der Waals surface area contributed by atoms with Crippen molar-refractivity contribution in [1.29, 1.82) is 0 Å². The van der Waals surface area contributed by atoms with Gasteiger partial charge in [-0.15, -0.1) is 0 Å². The Labute approximate surface area is 276 Å². The molecule has 264 valence electrons. The van der Waals surface area contributed by atoms with Gasteiger partial charge >= 0.3 is 17.9 Å². The van der Waals surface area contributed by atoms with E-state index in [1.54, 1.807) is 0 Å². The lowest BCUT2D eigenvalue weighted by atomic mass is 9.44. The van der Waals surface area contributed by atoms with Crippen LogP contribution in [0, 0.1) is 56.5 Å². The number of hydrogen-bond donors (Lipinski definition) is 6. The minimum Gasteiger partial charge on any atom is -0.481 e. The standard InChI is InChI=1S/C34H54N4O9/c1-18(4-11-28(39)40)22-7-8-23-21-6-5-19-16-20(12-14-33(19,2)24(21)13-15-34(22,23)3)47-32(43)26(17-29(41)42)36-25-9-10-27(38(45)46)30(35)31(25)37-44/h10,18-26,30-31,36-37,44H,4-9,11-17,35H2,1-3H3,(H,39,40)(H,41,42)/t18-,19?,20+,21?,22?,23+,24+,25?,26+,30?,31?,33+,34?/m1/s1. The van der Waals surface area contributed by atoms with Crippen molar-refractivity contribution in [1.82, 2.24) is 10.8 Å². The summed E-state index contributed by atoms with van der Waals surface area (Å²) >= 11 is 0. The van der Waals surface area contributed by atoms with E-state index in [1.165, 1.54) is 31.8 Å². The summed E-state index contributed by atoms with van der Waals surface area (Å²) < 4.78 is 6.00. The molecule has 0 heterocycles. The van der Waals surface area contributed by atoms with Gasteiger partial charge in [0.1, 0.15) is 18.2 Å². The Hall–Kier alpha value is -2.61. The quantitative estimate of drug-likeness (QED) is 0.0990. The average molecular weight is 663 g/mol. The van der Waals surface area contributed by atoms with Gasteiger partial charge in [0, 0.05) is 12.5 Å². The van der Waals surface area contributed by atoms with Crippen molar-refractivity contribution >= 4 is 17.9 Å². The Balaban J connectivity index is 1.21. The lowest BCUT2D eigenvalue weighted by molar-refractivity contribution is -0.431. The number of hydroxylamine groups is 1. The first-order valence-electron chi connectivity index (χ1n) is 17.6. The number of nitrogens with zero attached hydrogens (tertiary/aromatic N) is 1. The van der Waals surface area contributed by atoms with E-state index in [2.05, 4.69) is 26.1 Å². The van der Waals surface area contributed by atoms with E-state index < -0.39 is 53.4 Å². The lowest BCUT2D eigenvalue weighted by Crippen LogP contribution is -2.62. The number of aliphatic carboxylic acids is 2. The van der Waals surface area contributed by atoms with Gasteiger partial charge in [0.2, 0.25) is 0 Å². The van der Waals surface area contributed by atoms with Crippen LogP contribution in [-0.2, 0) is 19.1 Å². The molecule has 0 aromatic heterocycles. The zero-order valence-electron chi connectivity index (χ0n) is 27.9. The molecule has 5 aliphatic carbocycles. The van der Waals surface area contributed by atoms with Crippen LogP contribution in [0.3, 0.4) is 0 Å². The van der Waals surface area contributed by atoms with Crippen LogP contribution in [-0.4, -0.2) is 68.5 Å². The summed E-state index contributed by atoms with van der Waals surface area (Å²) in [6.07, 6.45) is 10.9. The number of esters is 1. The monoisotopic (exact) mass is 662 g/mol. The molecule has 0 aromatic rings. The summed E-state index contributed by atoms with van der Waals surface area (Å²) in [6, 6.07) is -4.11. The van der Waals surface area contributed by atoms with E-state index in [0.717, 1.165) is 32.1 Å². The van der Waals surface area contributed by atoms with Crippen molar-refractivity contribution in [3.05, 3.63) is 21.9 Å². The van der Waals surface area contributed by atoms with Gasteiger partial charge in [-0.2, -0.15) is 5.48 Å². The van der Waals surface area contributed by atoms with Crippen LogP contribution in [0.15, 0.2) is 11.8 Å². The first-order chi connectivity index (χ1) is 22.2. The maximum absolute atomic E-state index is 13.4. The fourth-order valence-electron chi connectivity index (χ4n) is 11.2. The van der Waals surface area contributed by atoms with Crippen molar-refractivity contribution in [3.8, 4) is 0 Å².